The molecule has 0 aliphatic heterocycles. The van der Waals surface area contributed by atoms with Gasteiger partial charge in [-0.2, -0.15) is 0 Å². The third-order valence-corrected chi connectivity index (χ3v) is 2.93. The Balaban J connectivity index is 5.25. The molecule has 0 heterocycles. The summed E-state index contributed by atoms with van der Waals surface area (Å²) >= 11 is 0. The van der Waals surface area contributed by atoms with E-state index < -0.39 is 8.69 Å². The highest BCUT2D eigenvalue weighted by atomic mass is 31.1. The Kier molecular flexibility index (Phi) is 12.0. The van der Waals surface area contributed by atoms with E-state index in [0.717, 1.165) is 18.2 Å². The summed E-state index contributed by atoms with van der Waals surface area (Å²) in [6.07, 6.45) is 11.1. The van der Waals surface area contributed by atoms with Crippen LogP contribution in [0.4, 0.5) is 0 Å². The van der Waals surface area contributed by atoms with Crippen LogP contribution < -0.4 is 0 Å². The van der Waals surface area contributed by atoms with Crippen molar-refractivity contribution in [1.82, 2.24) is 4.90 Å². The molecule has 0 rings (SSSR count). The molecule has 0 aromatic heterocycles. The second-order valence-corrected chi connectivity index (χ2v) is 4.43. The lowest BCUT2D eigenvalue weighted by Crippen LogP contribution is -2.24. The summed E-state index contributed by atoms with van der Waals surface area (Å²) in [6.45, 7) is 8.27. The second-order valence-electron chi connectivity index (χ2n) is 4.07. The van der Waals surface area contributed by atoms with E-state index in [-0.39, 0.29) is 6.10 Å². The van der Waals surface area contributed by atoms with E-state index in [0.29, 0.717) is 25.9 Å². The van der Waals surface area contributed by atoms with Gasteiger partial charge in [-0.25, -0.2) is 4.57 Å². The quantitative estimate of drug-likeness (QED) is 0.323. The van der Waals surface area contributed by atoms with Crippen LogP contribution in [-0.4, -0.2) is 34.3 Å². The molecule has 21 heavy (non-hydrogen) atoms. The summed E-state index contributed by atoms with van der Waals surface area (Å²) in [7, 11) is -0.394. The molecule has 0 aromatic carbocycles. The van der Waals surface area contributed by atoms with E-state index in [9.17, 15) is 4.57 Å². The van der Waals surface area contributed by atoms with Crippen molar-refractivity contribution in [3.05, 3.63) is 61.8 Å². The van der Waals surface area contributed by atoms with Gasteiger partial charge in [-0.15, -0.1) is 13.2 Å². The van der Waals surface area contributed by atoms with Gasteiger partial charge in [-0.1, -0.05) is 12.2 Å². The molecule has 0 fully saturated rings. The van der Waals surface area contributed by atoms with Crippen molar-refractivity contribution in [1.29, 1.82) is 0 Å². The zero-order valence-corrected chi connectivity index (χ0v) is 12.9. The summed E-state index contributed by atoms with van der Waals surface area (Å²) in [5.74, 6) is 0. The van der Waals surface area contributed by atoms with Gasteiger partial charge in [0.1, 0.15) is 0 Å². The monoisotopic (exact) mass is 311 g/mol. The Morgan fingerprint density at radius 1 is 1.19 bits per heavy atom. The summed E-state index contributed by atoms with van der Waals surface area (Å²) in [4.78, 5) is 1.92. The van der Waals surface area contributed by atoms with Crippen LogP contribution in [-0.2, 0) is 9.09 Å². The second kappa shape index (κ2) is 13.2. The first-order valence-electron chi connectivity index (χ1n) is 6.47. The molecule has 0 radical (unpaired) electrons. The van der Waals surface area contributed by atoms with Gasteiger partial charge in [-0.05, 0) is 24.6 Å². The summed E-state index contributed by atoms with van der Waals surface area (Å²) in [6, 6.07) is 0. The fraction of sp³-hybridized carbons (Fsp3) is 0.333. The molecule has 0 aromatic rings. The van der Waals surface area contributed by atoms with E-state index in [4.69, 9.17) is 14.7 Å². The molecule has 0 spiro atoms. The highest BCUT2D eigenvalue weighted by Crippen LogP contribution is 2.17. The van der Waals surface area contributed by atoms with Crippen molar-refractivity contribution in [2.45, 2.75) is 18.9 Å². The van der Waals surface area contributed by atoms with Crippen LogP contribution in [0.3, 0.4) is 0 Å². The predicted octanol–water partition coefficient (Wildman–Crippen LogP) is 4.06. The Labute approximate surface area is 127 Å². The Hall–Kier alpha value is -1.84. The van der Waals surface area contributed by atoms with Crippen molar-refractivity contribution < 1.29 is 19.3 Å². The molecular weight excluding hydrogens is 289 g/mol. The highest BCUT2D eigenvalue weighted by Gasteiger charge is 2.11. The van der Waals surface area contributed by atoms with Crippen LogP contribution >= 0.6 is 8.69 Å². The van der Waals surface area contributed by atoms with Crippen LogP contribution in [0.2, 0.25) is 0 Å². The topological polar surface area (TPSA) is 70.0 Å². The lowest BCUT2D eigenvalue weighted by molar-refractivity contribution is 0.270. The molecule has 0 aliphatic rings. The van der Waals surface area contributed by atoms with Gasteiger partial charge in [0.2, 0.25) is 0 Å². The van der Waals surface area contributed by atoms with Crippen LogP contribution in [0.25, 0.3) is 0 Å². The number of allylic oxidation sites excluding steroid dienone is 1. The minimum Gasteiger partial charge on any atom is -0.516 e. The Morgan fingerprint density at radius 2 is 1.81 bits per heavy atom. The fourth-order valence-corrected chi connectivity index (χ4v) is 1.94. The molecule has 116 valence electrons. The van der Waals surface area contributed by atoms with Gasteiger partial charge in [0.05, 0.1) is 18.6 Å². The molecule has 0 saturated heterocycles. The average Bonchev–Trinajstić information content (AvgIpc) is 2.47. The van der Waals surface area contributed by atoms with Crippen molar-refractivity contribution in [2.24, 2.45) is 0 Å². The van der Waals surface area contributed by atoms with Crippen LogP contribution in [0.5, 0.6) is 0 Å². The molecule has 0 amide bonds. The van der Waals surface area contributed by atoms with E-state index >= 15 is 0 Å². The number of hydrogen-bond acceptors (Lipinski definition) is 5. The van der Waals surface area contributed by atoms with Crippen LogP contribution in [0.1, 0.15) is 12.8 Å². The maximum absolute atomic E-state index is 10.6. The summed E-state index contributed by atoms with van der Waals surface area (Å²) in [5, 5.41) is 17.6. The standard InChI is InChI=1S/C15H22NO4P/c1-3-7-14(13-15(8-4-2)20-21-19)16(9-5-11-17)10-6-12-18/h3-6,11-13,15,17-18H,1-2,7-10H2. The number of hydrogen-bond donors (Lipinski definition) is 2. The molecule has 5 nitrogen and oxygen atoms in total. The lowest BCUT2D eigenvalue weighted by atomic mass is 10.1. The number of rotatable bonds is 12. The molecule has 2 N–H and O–H groups in total. The van der Waals surface area contributed by atoms with E-state index in [1.807, 2.05) is 11.0 Å². The van der Waals surface area contributed by atoms with E-state index in [2.05, 4.69) is 13.2 Å². The molecule has 1 unspecified atom stereocenters. The van der Waals surface area contributed by atoms with Gasteiger partial charge < -0.3 is 15.1 Å². The molecule has 0 saturated carbocycles. The van der Waals surface area contributed by atoms with Crippen molar-refractivity contribution in [3.8, 4) is 0 Å². The van der Waals surface area contributed by atoms with Crippen LogP contribution in [0.15, 0.2) is 61.8 Å². The molecular formula is C15H22NO4P. The number of aliphatic hydroxyl groups excluding tert-OH is 2. The first kappa shape index (κ1) is 19.2. The van der Waals surface area contributed by atoms with Crippen molar-refractivity contribution >= 4 is 8.69 Å². The molecule has 1 atom stereocenters. The number of nitrogens with zero attached hydrogens (tertiary/aromatic N) is 1. The fourth-order valence-electron chi connectivity index (χ4n) is 1.68. The van der Waals surface area contributed by atoms with Gasteiger partial charge >= 0.3 is 8.69 Å². The first-order chi connectivity index (χ1) is 10.2. The third-order valence-electron chi connectivity index (χ3n) is 2.58. The zero-order valence-electron chi connectivity index (χ0n) is 12.0. The Bertz CT molecular complexity index is 380. The Morgan fingerprint density at radius 3 is 2.24 bits per heavy atom. The zero-order chi connectivity index (χ0) is 15.9. The molecule has 0 bridgehead atoms. The SMILES string of the molecule is C=CCC(=CC(CC=C)OP=O)N(CC=CO)CC=CO. The summed E-state index contributed by atoms with van der Waals surface area (Å²) < 4.78 is 15.7. The van der Waals surface area contributed by atoms with Crippen molar-refractivity contribution in [3.63, 3.8) is 0 Å². The normalized spacial score (nSPS) is 13.8. The lowest BCUT2D eigenvalue weighted by Gasteiger charge is -2.25. The van der Waals surface area contributed by atoms with Gasteiger partial charge in [-0.3, -0.25) is 4.52 Å². The predicted molar refractivity (Wildman–Crippen MR) is 85.3 cm³/mol. The first-order valence-corrected chi connectivity index (χ1v) is 7.20. The highest BCUT2D eigenvalue weighted by molar-refractivity contribution is 7.17. The molecule has 6 heteroatoms. The minimum atomic E-state index is -0.394. The number of aliphatic hydroxyl groups is 2. The average molecular weight is 311 g/mol. The minimum absolute atomic E-state index is 0.365. The van der Waals surface area contributed by atoms with Crippen LogP contribution in [0, 0.1) is 0 Å². The third kappa shape index (κ3) is 8.84. The van der Waals surface area contributed by atoms with Crippen molar-refractivity contribution in [2.75, 3.05) is 13.1 Å². The van der Waals surface area contributed by atoms with Gasteiger partial charge in [0, 0.05) is 25.2 Å². The summed E-state index contributed by atoms with van der Waals surface area (Å²) in [5.41, 5.74) is 0.886. The van der Waals surface area contributed by atoms with Gasteiger partial charge in [0.25, 0.3) is 0 Å². The smallest absolute Gasteiger partial charge is 0.327 e. The van der Waals surface area contributed by atoms with Gasteiger partial charge in [0.15, 0.2) is 0 Å². The van der Waals surface area contributed by atoms with E-state index in [1.165, 1.54) is 0 Å². The maximum Gasteiger partial charge on any atom is 0.327 e. The largest absolute Gasteiger partial charge is 0.516 e. The maximum atomic E-state index is 10.6. The molecule has 0 aliphatic carbocycles. The van der Waals surface area contributed by atoms with E-state index in [1.54, 1.807) is 24.3 Å².